The van der Waals surface area contributed by atoms with E-state index in [0.717, 1.165) is 79.9 Å². The Kier molecular flexibility index (Phi) is 7.21. The maximum Gasteiger partial charge on any atom is 0.315 e. The zero-order chi connectivity index (χ0) is 24.2. The number of amides is 1. The molecule has 0 spiro atoms. The van der Waals surface area contributed by atoms with Crippen molar-refractivity contribution in [1.82, 2.24) is 9.88 Å². The van der Waals surface area contributed by atoms with Crippen molar-refractivity contribution in [1.29, 1.82) is 0 Å². The van der Waals surface area contributed by atoms with Crippen molar-refractivity contribution in [3.63, 3.8) is 0 Å². The first-order valence-corrected chi connectivity index (χ1v) is 13.1. The van der Waals surface area contributed by atoms with Crippen molar-refractivity contribution in [3.8, 4) is 5.75 Å². The molecule has 35 heavy (non-hydrogen) atoms. The molecular weight excluding hydrogens is 442 g/mol. The average Bonchev–Trinajstić information content (AvgIpc) is 3.48. The van der Waals surface area contributed by atoms with E-state index in [2.05, 4.69) is 17.4 Å². The summed E-state index contributed by atoms with van der Waals surface area (Å²) in [5.41, 5.74) is 4.40. The molecule has 0 radical (unpaired) electrons. The molecule has 1 unspecified atom stereocenters. The predicted molar refractivity (Wildman–Crippen MR) is 134 cm³/mol. The molecule has 1 saturated heterocycles. The van der Waals surface area contributed by atoms with E-state index in [-0.39, 0.29) is 17.8 Å². The number of anilines is 1. The van der Waals surface area contributed by atoms with Crippen LogP contribution in [-0.4, -0.2) is 54.6 Å². The van der Waals surface area contributed by atoms with Crippen LogP contribution < -0.4 is 10.1 Å². The summed E-state index contributed by atoms with van der Waals surface area (Å²) in [7, 11) is 0. The van der Waals surface area contributed by atoms with Crippen LogP contribution in [0.1, 0.15) is 60.9 Å². The quantitative estimate of drug-likeness (QED) is 0.552. The summed E-state index contributed by atoms with van der Waals surface area (Å²) in [6, 6.07) is 10.3. The lowest BCUT2D eigenvalue weighted by Crippen LogP contribution is -2.35. The van der Waals surface area contributed by atoms with Gasteiger partial charge in [-0.1, -0.05) is 18.2 Å². The van der Waals surface area contributed by atoms with E-state index in [1.165, 1.54) is 5.56 Å². The topological polar surface area (TPSA) is 80.8 Å². The second kappa shape index (κ2) is 10.7. The number of hydrogen-bond acceptors (Lipinski definition) is 6. The number of likely N-dealkylation sites (tertiary alicyclic amines) is 1. The van der Waals surface area contributed by atoms with Gasteiger partial charge in [0.1, 0.15) is 11.6 Å². The number of rotatable bonds is 9. The molecule has 2 aromatic rings. The number of carbonyl (C=O) groups excluding carboxylic acids is 2. The van der Waals surface area contributed by atoms with Crippen LogP contribution in [0, 0.1) is 5.92 Å². The molecule has 1 fully saturated rings. The first kappa shape index (κ1) is 23.6. The van der Waals surface area contributed by atoms with Crippen molar-refractivity contribution < 1.29 is 19.1 Å². The highest BCUT2D eigenvalue weighted by Crippen LogP contribution is 2.32. The number of carbonyl (C=O) groups is 2. The Morgan fingerprint density at radius 1 is 1.26 bits per heavy atom. The van der Waals surface area contributed by atoms with Gasteiger partial charge in [0.05, 0.1) is 19.1 Å². The van der Waals surface area contributed by atoms with Gasteiger partial charge in [0, 0.05) is 37.7 Å². The number of fused-ring (bicyclic) bond motifs is 2. The summed E-state index contributed by atoms with van der Waals surface area (Å²) < 4.78 is 11.1. The Labute approximate surface area is 207 Å². The third kappa shape index (κ3) is 5.29. The molecule has 0 saturated carbocycles. The van der Waals surface area contributed by atoms with Gasteiger partial charge in [-0.25, -0.2) is 4.98 Å². The fourth-order valence-corrected chi connectivity index (χ4v) is 5.47. The van der Waals surface area contributed by atoms with E-state index in [1.54, 1.807) is 0 Å². The molecule has 7 nitrogen and oxygen atoms in total. The highest BCUT2D eigenvalue weighted by Gasteiger charge is 2.35. The van der Waals surface area contributed by atoms with Crippen molar-refractivity contribution >= 4 is 17.7 Å². The van der Waals surface area contributed by atoms with Crippen molar-refractivity contribution in [2.75, 3.05) is 38.2 Å². The second-order valence-electron chi connectivity index (χ2n) is 9.77. The third-order valence-corrected chi connectivity index (χ3v) is 7.44. The summed E-state index contributed by atoms with van der Waals surface area (Å²) in [4.78, 5) is 32.7. The lowest BCUT2D eigenvalue weighted by Gasteiger charge is -2.24. The van der Waals surface area contributed by atoms with E-state index in [9.17, 15) is 9.59 Å². The maximum atomic E-state index is 13.2. The van der Waals surface area contributed by atoms with Crippen LogP contribution in [0.25, 0.3) is 0 Å². The molecule has 0 aliphatic carbocycles. The van der Waals surface area contributed by atoms with Gasteiger partial charge < -0.3 is 19.7 Å². The van der Waals surface area contributed by atoms with Gasteiger partial charge in [-0.2, -0.15) is 0 Å². The monoisotopic (exact) mass is 477 g/mol. The standard InChI is InChI=1S/C28H35N3O4/c1-2-34-28(33)24(22-9-8-19-13-16-35-25(19)17-22)18-31-15-12-21(27(31)32)5-3-7-23-11-10-20-6-4-14-29-26(20)30-23/h8-11,17,21,24H,2-7,12-16,18H2,1H3,(H,29,30)/t21?,24-/m1/s1. The van der Waals surface area contributed by atoms with Crippen LogP contribution >= 0.6 is 0 Å². The highest BCUT2D eigenvalue weighted by atomic mass is 16.5. The molecule has 3 aliphatic heterocycles. The fraction of sp³-hybridized carbons (Fsp3) is 0.536. The van der Waals surface area contributed by atoms with Gasteiger partial charge in [-0.3, -0.25) is 9.59 Å². The molecule has 1 N–H and O–H groups in total. The zero-order valence-electron chi connectivity index (χ0n) is 20.6. The van der Waals surface area contributed by atoms with E-state index < -0.39 is 5.92 Å². The SMILES string of the molecule is CCOC(=O)[C@H](CN1CCC(CCCc2ccc3c(n2)NCCC3)C1=O)c1ccc2c(c1)OCC2. The van der Waals surface area contributed by atoms with E-state index in [1.807, 2.05) is 30.0 Å². The number of nitrogens with one attached hydrogen (secondary N) is 1. The van der Waals surface area contributed by atoms with Crippen LogP contribution in [-0.2, 0) is 33.6 Å². The number of aromatic nitrogens is 1. The number of nitrogens with zero attached hydrogens (tertiary/aromatic N) is 2. The molecule has 1 aromatic heterocycles. The molecule has 0 bridgehead atoms. The van der Waals surface area contributed by atoms with Crippen LogP contribution in [0.5, 0.6) is 5.75 Å². The summed E-state index contributed by atoms with van der Waals surface area (Å²) in [6.45, 7) is 4.82. The minimum atomic E-state index is -0.501. The first-order chi connectivity index (χ1) is 17.1. The second-order valence-corrected chi connectivity index (χ2v) is 9.77. The van der Waals surface area contributed by atoms with Gasteiger partial charge >= 0.3 is 5.97 Å². The van der Waals surface area contributed by atoms with E-state index in [0.29, 0.717) is 26.3 Å². The highest BCUT2D eigenvalue weighted by molar-refractivity contribution is 5.83. The number of hydrogen-bond donors (Lipinski definition) is 1. The van der Waals surface area contributed by atoms with Crippen molar-refractivity contribution in [3.05, 3.63) is 52.7 Å². The average molecular weight is 478 g/mol. The molecule has 3 aliphatic rings. The molecule has 1 aromatic carbocycles. The number of benzene rings is 1. The van der Waals surface area contributed by atoms with Gasteiger partial charge in [0.25, 0.3) is 0 Å². The fourth-order valence-electron chi connectivity index (χ4n) is 5.47. The van der Waals surface area contributed by atoms with Gasteiger partial charge in [-0.05, 0) is 74.3 Å². The molecule has 5 rings (SSSR count). The van der Waals surface area contributed by atoms with Gasteiger partial charge in [-0.15, -0.1) is 0 Å². The Morgan fingerprint density at radius 3 is 3.03 bits per heavy atom. The molecule has 4 heterocycles. The number of aryl methyl sites for hydroxylation is 2. The normalized spacial score (nSPS) is 19.5. The number of ether oxygens (including phenoxy) is 2. The van der Waals surface area contributed by atoms with Crippen molar-refractivity contribution in [2.24, 2.45) is 5.92 Å². The van der Waals surface area contributed by atoms with Gasteiger partial charge in [0.2, 0.25) is 5.91 Å². The Bertz CT molecular complexity index is 1090. The predicted octanol–water partition coefficient (Wildman–Crippen LogP) is 3.89. The lowest BCUT2D eigenvalue weighted by atomic mass is 9.96. The Balaban J connectivity index is 1.18. The molecule has 186 valence electrons. The zero-order valence-corrected chi connectivity index (χ0v) is 20.6. The first-order valence-electron chi connectivity index (χ1n) is 13.1. The smallest absolute Gasteiger partial charge is 0.315 e. The van der Waals surface area contributed by atoms with Crippen LogP contribution in [0.15, 0.2) is 30.3 Å². The molecule has 1 amide bonds. The summed E-state index contributed by atoms with van der Waals surface area (Å²) >= 11 is 0. The van der Waals surface area contributed by atoms with E-state index in [4.69, 9.17) is 14.5 Å². The number of pyridine rings is 1. The van der Waals surface area contributed by atoms with Crippen LogP contribution in [0.2, 0.25) is 0 Å². The summed E-state index contributed by atoms with van der Waals surface area (Å²) in [6.07, 6.45) is 6.63. The lowest BCUT2D eigenvalue weighted by molar-refractivity contribution is -0.146. The minimum Gasteiger partial charge on any atom is -0.493 e. The minimum absolute atomic E-state index is 0.0111. The van der Waals surface area contributed by atoms with E-state index >= 15 is 0 Å². The van der Waals surface area contributed by atoms with Crippen molar-refractivity contribution in [2.45, 2.75) is 57.8 Å². The Morgan fingerprint density at radius 2 is 2.14 bits per heavy atom. The largest absolute Gasteiger partial charge is 0.493 e. The van der Waals surface area contributed by atoms with Crippen LogP contribution in [0.4, 0.5) is 5.82 Å². The van der Waals surface area contributed by atoms with Gasteiger partial charge in [0.15, 0.2) is 0 Å². The Hall–Kier alpha value is -3.09. The third-order valence-electron chi connectivity index (χ3n) is 7.44. The summed E-state index contributed by atoms with van der Waals surface area (Å²) in [5, 5.41) is 3.39. The summed E-state index contributed by atoms with van der Waals surface area (Å²) in [5.74, 6) is 1.24. The molecule has 2 atom stereocenters. The van der Waals surface area contributed by atoms with Crippen LogP contribution in [0.3, 0.4) is 0 Å². The number of esters is 1. The maximum absolute atomic E-state index is 13.2. The molecule has 7 heteroatoms. The molecular formula is C28H35N3O4.